The lowest BCUT2D eigenvalue weighted by Crippen LogP contribution is -1.99. The Morgan fingerprint density at radius 3 is 2.90 bits per heavy atom. The summed E-state index contributed by atoms with van der Waals surface area (Å²) in [6, 6.07) is 9.24. The van der Waals surface area contributed by atoms with Crippen molar-refractivity contribution in [1.29, 1.82) is 0 Å². The summed E-state index contributed by atoms with van der Waals surface area (Å²) in [5.74, 6) is 3.02. The maximum atomic E-state index is 5.60. The van der Waals surface area contributed by atoms with Gasteiger partial charge in [0.15, 0.2) is 5.82 Å². The lowest BCUT2D eigenvalue weighted by atomic mass is 10.2. The molecule has 2 aromatic heterocycles. The van der Waals surface area contributed by atoms with Gasteiger partial charge < -0.3 is 19.0 Å². The largest absolute Gasteiger partial charge is 0.497 e. The van der Waals surface area contributed by atoms with Crippen molar-refractivity contribution in [2.75, 3.05) is 12.4 Å². The third-order valence-electron chi connectivity index (χ3n) is 2.83. The predicted octanol–water partition coefficient (Wildman–Crippen LogP) is 2.65. The molecule has 3 rings (SSSR count). The van der Waals surface area contributed by atoms with Gasteiger partial charge in [-0.15, -0.1) is 10.2 Å². The standard InChI is InChI=1S/C14H14N4O3/c1-9-6-12(18-21-9)15-8-13-16-17-14(20-13)10-4-3-5-11(7-10)19-2/h3-7H,8H2,1-2H3,(H,15,18). The summed E-state index contributed by atoms with van der Waals surface area (Å²) in [7, 11) is 1.61. The van der Waals surface area contributed by atoms with Crippen LogP contribution in [0.3, 0.4) is 0 Å². The average molecular weight is 286 g/mol. The highest BCUT2D eigenvalue weighted by molar-refractivity contribution is 5.55. The molecule has 1 aromatic carbocycles. The van der Waals surface area contributed by atoms with E-state index in [9.17, 15) is 0 Å². The van der Waals surface area contributed by atoms with Crippen LogP contribution in [0.5, 0.6) is 5.75 Å². The highest BCUT2D eigenvalue weighted by Gasteiger charge is 2.10. The third kappa shape index (κ3) is 3.02. The maximum Gasteiger partial charge on any atom is 0.247 e. The number of rotatable bonds is 5. The zero-order valence-corrected chi connectivity index (χ0v) is 11.7. The van der Waals surface area contributed by atoms with Crippen molar-refractivity contribution in [3.05, 3.63) is 42.0 Å². The van der Waals surface area contributed by atoms with Crippen molar-refractivity contribution < 1.29 is 13.7 Å². The van der Waals surface area contributed by atoms with Crippen molar-refractivity contribution in [1.82, 2.24) is 15.4 Å². The summed E-state index contributed by atoms with van der Waals surface area (Å²) in [5.41, 5.74) is 0.811. The Balaban J connectivity index is 1.70. The van der Waals surface area contributed by atoms with Gasteiger partial charge in [0.25, 0.3) is 0 Å². The van der Waals surface area contributed by atoms with E-state index in [1.807, 2.05) is 31.2 Å². The zero-order valence-electron chi connectivity index (χ0n) is 11.7. The second kappa shape index (κ2) is 5.66. The van der Waals surface area contributed by atoms with Crippen molar-refractivity contribution >= 4 is 5.82 Å². The van der Waals surface area contributed by atoms with E-state index < -0.39 is 0 Å². The Morgan fingerprint density at radius 2 is 2.14 bits per heavy atom. The van der Waals surface area contributed by atoms with Crippen molar-refractivity contribution in [2.24, 2.45) is 0 Å². The summed E-state index contributed by atoms with van der Waals surface area (Å²) < 4.78 is 15.7. The molecule has 0 aliphatic heterocycles. The molecular formula is C14H14N4O3. The molecule has 7 nitrogen and oxygen atoms in total. The van der Waals surface area contributed by atoms with Crippen LogP contribution in [0.25, 0.3) is 11.5 Å². The number of anilines is 1. The highest BCUT2D eigenvalue weighted by atomic mass is 16.5. The second-order valence-corrected chi connectivity index (χ2v) is 4.41. The summed E-state index contributed by atoms with van der Waals surface area (Å²) in [6.07, 6.45) is 0. The number of aromatic nitrogens is 3. The first-order valence-electron chi connectivity index (χ1n) is 6.38. The molecule has 0 aliphatic carbocycles. The minimum atomic E-state index is 0.378. The number of ether oxygens (including phenoxy) is 1. The monoisotopic (exact) mass is 286 g/mol. The average Bonchev–Trinajstić information content (AvgIpc) is 3.14. The zero-order chi connectivity index (χ0) is 14.7. The Kier molecular flexibility index (Phi) is 3.55. The first-order chi connectivity index (χ1) is 10.2. The highest BCUT2D eigenvalue weighted by Crippen LogP contribution is 2.22. The van der Waals surface area contributed by atoms with Gasteiger partial charge in [0.1, 0.15) is 11.5 Å². The number of methoxy groups -OCH3 is 1. The first-order valence-corrected chi connectivity index (χ1v) is 6.38. The molecule has 21 heavy (non-hydrogen) atoms. The number of nitrogens with one attached hydrogen (secondary N) is 1. The minimum absolute atomic E-state index is 0.378. The van der Waals surface area contributed by atoms with Crippen LogP contribution in [0.1, 0.15) is 11.7 Å². The van der Waals surface area contributed by atoms with Crippen LogP contribution in [0.15, 0.2) is 39.3 Å². The molecule has 0 aliphatic rings. The molecule has 0 saturated carbocycles. The molecule has 1 N–H and O–H groups in total. The normalized spacial score (nSPS) is 10.6. The van der Waals surface area contributed by atoms with Gasteiger partial charge in [-0.1, -0.05) is 11.2 Å². The maximum absolute atomic E-state index is 5.60. The molecule has 7 heteroatoms. The van der Waals surface area contributed by atoms with Gasteiger partial charge in [0.2, 0.25) is 11.8 Å². The molecule has 3 aromatic rings. The number of hydrogen-bond acceptors (Lipinski definition) is 7. The van der Waals surface area contributed by atoms with Crippen molar-refractivity contribution in [2.45, 2.75) is 13.5 Å². The minimum Gasteiger partial charge on any atom is -0.497 e. The summed E-state index contributed by atoms with van der Waals surface area (Å²) in [4.78, 5) is 0. The molecule has 0 fully saturated rings. The predicted molar refractivity (Wildman–Crippen MR) is 74.9 cm³/mol. The van der Waals surface area contributed by atoms with E-state index in [1.165, 1.54) is 0 Å². The van der Waals surface area contributed by atoms with Gasteiger partial charge in [-0.3, -0.25) is 0 Å². The van der Waals surface area contributed by atoms with Crippen LogP contribution in [-0.2, 0) is 6.54 Å². The van der Waals surface area contributed by atoms with Gasteiger partial charge in [-0.25, -0.2) is 0 Å². The molecule has 0 amide bonds. The van der Waals surface area contributed by atoms with Crippen LogP contribution in [-0.4, -0.2) is 22.5 Å². The molecule has 0 spiro atoms. The molecule has 0 unspecified atom stereocenters. The van der Waals surface area contributed by atoms with Crippen LogP contribution in [0.2, 0.25) is 0 Å². The van der Waals surface area contributed by atoms with E-state index >= 15 is 0 Å². The molecule has 0 bridgehead atoms. The Morgan fingerprint density at radius 1 is 1.24 bits per heavy atom. The SMILES string of the molecule is COc1cccc(-c2nnc(CNc3cc(C)on3)o2)c1. The quantitative estimate of drug-likeness (QED) is 0.771. The molecule has 0 saturated heterocycles. The van der Waals surface area contributed by atoms with Gasteiger partial charge >= 0.3 is 0 Å². The number of aryl methyl sites for hydroxylation is 1. The second-order valence-electron chi connectivity index (χ2n) is 4.41. The van der Waals surface area contributed by atoms with Crippen molar-refractivity contribution in [3.63, 3.8) is 0 Å². The Hall–Kier alpha value is -2.83. The molecule has 2 heterocycles. The summed E-state index contributed by atoms with van der Waals surface area (Å²) >= 11 is 0. The molecule has 0 atom stereocenters. The lowest BCUT2D eigenvalue weighted by molar-refractivity contribution is 0.399. The van der Waals surface area contributed by atoms with E-state index in [4.69, 9.17) is 13.7 Å². The first kappa shape index (κ1) is 13.2. The molecular weight excluding hydrogens is 272 g/mol. The fourth-order valence-corrected chi connectivity index (χ4v) is 1.81. The number of hydrogen-bond donors (Lipinski definition) is 1. The van der Waals surface area contributed by atoms with Gasteiger partial charge in [-0.2, -0.15) is 0 Å². The van der Waals surface area contributed by atoms with Crippen LogP contribution < -0.4 is 10.1 Å². The van der Waals surface area contributed by atoms with Crippen molar-refractivity contribution in [3.8, 4) is 17.2 Å². The number of benzene rings is 1. The fourth-order valence-electron chi connectivity index (χ4n) is 1.81. The topological polar surface area (TPSA) is 86.2 Å². The lowest BCUT2D eigenvalue weighted by Gasteiger charge is -2.00. The van der Waals surface area contributed by atoms with E-state index in [1.54, 1.807) is 13.2 Å². The van der Waals surface area contributed by atoms with Gasteiger partial charge in [-0.05, 0) is 25.1 Å². The van der Waals surface area contributed by atoms with E-state index in [0.717, 1.165) is 17.1 Å². The van der Waals surface area contributed by atoms with Crippen LogP contribution in [0.4, 0.5) is 5.82 Å². The third-order valence-corrected chi connectivity index (χ3v) is 2.83. The Bertz CT molecular complexity index is 735. The Labute approximate surface area is 120 Å². The van der Waals surface area contributed by atoms with E-state index in [-0.39, 0.29) is 0 Å². The van der Waals surface area contributed by atoms with Crippen LogP contribution in [0, 0.1) is 6.92 Å². The smallest absolute Gasteiger partial charge is 0.247 e. The summed E-state index contributed by atoms with van der Waals surface area (Å²) in [6.45, 7) is 2.20. The van der Waals surface area contributed by atoms with Crippen LogP contribution >= 0.6 is 0 Å². The van der Waals surface area contributed by atoms with E-state index in [2.05, 4.69) is 20.7 Å². The van der Waals surface area contributed by atoms with Gasteiger partial charge in [0, 0.05) is 11.6 Å². The number of nitrogens with zero attached hydrogens (tertiary/aromatic N) is 3. The summed E-state index contributed by atoms with van der Waals surface area (Å²) in [5, 5.41) is 14.9. The van der Waals surface area contributed by atoms with E-state index in [0.29, 0.717) is 24.1 Å². The molecule has 108 valence electrons. The molecule has 0 radical (unpaired) electrons. The fraction of sp³-hybridized carbons (Fsp3) is 0.214. The van der Waals surface area contributed by atoms with Gasteiger partial charge in [0.05, 0.1) is 13.7 Å².